The molecular formula is C18H22O6. The van der Waals surface area contributed by atoms with E-state index >= 15 is 0 Å². The van der Waals surface area contributed by atoms with E-state index in [0.717, 1.165) is 11.8 Å². The van der Waals surface area contributed by atoms with Crippen molar-refractivity contribution in [3.63, 3.8) is 0 Å². The van der Waals surface area contributed by atoms with Crippen LogP contribution < -0.4 is 0 Å². The molecule has 2 fully saturated rings. The summed E-state index contributed by atoms with van der Waals surface area (Å²) in [4.78, 5) is 22.9. The number of benzene rings is 1. The number of aldehydes is 1. The summed E-state index contributed by atoms with van der Waals surface area (Å²) in [6.07, 6.45) is -1.41. The van der Waals surface area contributed by atoms with Gasteiger partial charge in [-0.2, -0.15) is 0 Å². The van der Waals surface area contributed by atoms with Crippen LogP contribution in [0.3, 0.4) is 0 Å². The zero-order chi connectivity index (χ0) is 17.2. The number of fused-ring (bicyclic) bond motifs is 1. The average molecular weight is 334 g/mol. The van der Waals surface area contributed by atoms with E-state index in [1.165, 1.54) is 0 Å². The molecule has 130 valence electrons. The van der Waals surface area contributed by atoms with Crippen LogP contribution in [0.25, 0.3) is 0 Å². The highest BCUT2D eigenvalue weighted by molar-refractivity contribution is 5.85. The first-order valence-corrected chi connectivity index (χ1v) is 8.13. The third-order valence-corrected chi connectivity index (χ3v) is 4.10. The van der Waals surface area contributed by atoms with Gasteiger partial charge in [0, 0.05) is 12.8 Å². The predicted octanol–water partition coefficient (Wildman–Crippen LogP) is 2.00. The second kappa shape index (κ2) is 7.11. The van der Waals surface area contributed by atoms with Gasteiger partial charge in [-0.15, -0.1) is 0 Å². The van der Waals surface area contributed by atoms with E-state index in [4.69, 9.17) is 18.9 Å². The third-order valence-electron chi connectivity index (χ3n) is 4.10. The van der Waals surface area contributed by atoms with Crippen molar-refractivity contribution in [2.45, 2.75) is 63.7 Å². The number of hydrogen-bond acceptors (Lipinski definition) is 6. The van der Waals surface area contributed by atoms with E-state index < -0.39 is 30.4 Å². The fourth-order valence-corrected chi connectivity index (χ4v) is 3.03. The summed E-state index contributed by atoms with van der Waals surface area (Å²) in [6, 6.07) is 9.69. The molecule has 0 N–H and O–H groups in total. The SMILES string of the molecule is CC1(C)O[C@H]2O[C@H](C(=O)CCC=O)[C@H](OCc3ccccc3)[C@H]2O1. The zero-order valence-electron chi connectivity index (χ0n) is 13.8. The minimum absolute atomic E-state index is 0.127. The quantitative estimate of drug-likeness (QED) is 0.710. The van der Waals surface area contributed by atoms with Gasteiger partial charge in [0.15, 0.2) is 17.9 Å². The fraction of sp³-hybridized carbons (Fsp3) is 0.556. The molecule has 0 radical (unpaired) electrons. The molecule has 0 amide bonds. The van der Waals surface area contributed by atoms with Crippen molar-refractivity contribution in [2.24, 2.45) is 0 Å². The number of Topliss-reactive ketones (excluding diaryl/α,β-unsaturated/α-hetero) is 1. The normalized spacial score (nSPS) is 30.9. The molecule has 6 nitrogen and oxygen atoms in total. The maximum atomic E-state index is 12.3. The van der Waals surface area contributed by atoms with E-state index in [0.29, 0.717) is 6.61 Å². The van der Waals surface area contributed by atoms with Gasteiger partial charge in [-0.1, -0.05) is 30.3 Å². The minimum atomic E-state index is -0.778. The number of ether oxygens (including phenoxy) is 4. The second-order valence-electron chi connectivity index (χ2n) is 6.46. The van der Waals surface area contributed by atoms with Crippen molar-refractivity contribution in [3.8, 4) is 0 Å². The highest BCUT2D eigenvalue weighted by atomic mass is 16.8. The number of rotatable bonds is 7. The first-order valence-electron chi connectivity index (χ1n) is 8.13. The average Bonchev–Trinajstić information content (AvgIpc) is 3.03. The molecule has 2 aliphatic heterocycles. The maximum Gasteiger partial charge on any atom is 0.190 e. The van der Waals surface area contributed by atoms with Crippen molar-refractivity contribution in [2.75, 3.05) is 0 Å². The summed E-state index contributed by atoms with van der Waals surface area (Å²) in [7, 11) is 0. The van der Waals surface area contributed by atoms with Gasteiger partial charge in [0.05, 0.1) is 6.61 Å². The molecule has 4 atom stereocenters. The fourth-order valence-electron chi connectivity index (χ4n) is 3.03. The summed E-state index contributed by atoms with van der Waals surface area (Å²) >= 11 is 0. The Morgan fingerprint density at radius 2 is 2.00 bits per heavy atom. The van der Waals surface area contributed by atoms with Crippen LogP contribution in [-0.4, -0.2) is 42.5 Å². The molecule has 0 aromatic heterocycles. The Bertz CT molecular complexity index is 584. The molecule has 2 heterocycles. The Morgan fingerprint density at radius 3 is 2.71 bits per heavy atom. The topological polar surface area (TPSA) is 71.1 Å². The second-order valence-corrected chi connectivity index (χ2v) is 6.46. The molecule has 2 saturated heterocycles. The van der Waals surface area contributed by atoms with E-state index in [1.807, 2.05) is 30.3 Å². The largest absolute Gasteiger partial charge is 0.367 e. The standard InChI is InChI=1S/C18H22O6/c1-18(2)23-16-15(21-11-12-7-4-3-5-8-12)14(22-17(16)24-18)13(20)9-6-10-19/h3-5,7-8,10,14-17H,6,9,11H2,1-2H3/t14-,15+,16-,17-/m1/s1. The zero-order valence-corrected chi connectivity index (χ0v) is 13.8. The van der Waals surface area contributed by atoms with Gasteiger partial charge in [-0.05, 0) is 19.4 Å². The Morgan fingerprint density at radius 1 is 1.25 bits per heavy atom. The third kappa shape index (κ3) is 3.72. The van der Waals surface area contributed by atoms with Crippen LogP contribution >= 0.6 is 0 Å². The number of hydrogen-bond donors (Lipinski definition) is 0. The number of carbonyl (C=O) groups excluding carboxylic acids is 2. The Balaban J connectivity index is 1.71. The van der Waals surface area contributed by atoms with Gasteiger partial charge in [-0.25, -0.2) is 0 Å². The molecule has 24 heavy (non-hydrogen) atoms. The van der Waals surface area contributed by atoms with Gasteiger partial charge in [0.25, 0.3) is 0 Å². The minimum Gasteiger partial charge on any atom is -0.367 e. The summed E-state index contributed by atoms with van der Waals surface area (Å²) < 4.78 is 23.3. The van der Waals surface area contributed by atoms with Crippen LogP contribution in [-0.2, 0) is 35.1 Å². The van der Waals surface area contributed by atoms with E-state index in [1.54, 1.807) is 13.8 Å². The lowest BCUT2D eigenvalue weighted by molar-refractivity contribution is -0.218. The van der Waals surface area contributed by atoms with Crippen molar-refractivity contribution in [1.82, 2.24) is 0 Å². The van der Waals surface area contributed by atoms with Gasteiger partial charge in [0.1, 0.15) is 24.6 Å². The molecule has 0 unspecified atom stereocenters. The molecule has 0 aliphatic carbocycles. The Hall–Kier alpha value is -1.60. The van der Waals surface area contributed by atoms with Crippen LogP contribution in [0.4, 0.5) is 0 Å². The Kier molecular flexibility index (Phi) is 5.10. The predicted molar refractivity (Wildman–Crippen MR) is 84.0 cm³/mol. The first-order chi connectivity index (χ1) is 11.5. The monoisotopic (exact) mass is 334 g/mol. The first kappa shape index (κ1) is 17.2. The van der Waals surface area contributed by atoms with Gasteiger partial charge in [-0.3, -0.25) is 4.79 Å². The van der Waals surface area contributed by atoms with Crippen molar-refractivity contribution in [3.05, 3.63) is 35.9 Å². The molecule has 1 aromatic carbocycles. The van der Waals surface area contributed by atoms with Crippen molar-refractivity contribution >= 4 is 12.1 Å². The van der Waals surface area contributed by atoms with Crippen LogP contribution in [0.5, 0.6) is 0 Å². The van der Waals surface area contributed by atoms with Crippen LogP contribution in [0.1, 0.15) is 32.3 Å². The lowest BCUT2D eigenvalue weighted by Crippen LogP contribution is -2.40. The molecule has 6 heteroatoms. The summed E-state index contributed by atoms with van der Waals surface area (Å²) in [5.74, 6) is -0.944. The smallest absolute Gasteiger partial charge is 0.190 e. The highest BCUT2D eigenvalue weighted by Gasteiger charge is 2.57. The van der Waals surface area contributed by atoms with E-state index in [9.17, 15) is 9.59 Å². The highest BCUT2D eigenvalue weighted by Crippen LogP contribution is 2.39. The molecule has 2 aliphatic rings. The van der Waals surface area contributed by atoms with Crippen LogP contribution in [0.15, 0.2) is 30.3 Å². The Labute approximate surface area is 141 Å². The molecule has 1 aromatic rings. The van der Waals surface area contributed by atoms with Crippen LogP contribution in [0, 0.1) is 0 Å². The summed E-state index contributed by atoms with van der Waals surface area (Å²) in [6.45, 7) is 3.94. The molecular weight excluding hydrogens is 312 g/mol. The summed E-state index contributed by atoms with van der Waals surface area (Å²) in [5, 5.41) is 0. The molecule has 0 saturated carbocycles. The lowest BCUT2D eigenvalue weighted by atomic mass is 10.0. The number of carbonyl (C=O) groups is 2. The molecule has 0 spiro atoms. The van der Waals surface area contributed by atoms with E-state index in [2.05, 4.69) is 0 Å². The molecule has 3 rings (SSSR count). The van der Waals surface area contributed by atoms with Crippen molar-refractivity contribution in [1.29, 1.82) is 0 Å². The van der Waals surface area contributed by atoms with E-state index in [-0.39, 0.29) is 18.6 Å². The van der Waals surface area contributed by atoms with Gasteiger partial charge in [0.2, 0.25) is 0 Å². The van der Waals surface area contributed by atoms with Crippen molar-refractivity contribution < 1.29 is 28.5 Å². The molecule has 0 bridgehead atoms. The van der Waals surface area contributed by atoms with Gasteiger partial charge >= 0.3 is 0 Å². The van der Waals surface area contributed by atoms with Crippen LogP contribution in [0.2, 0.25) is 0 Å². The van der Waals surface area contributed by atoms with Gasteiger partial charge < -0.3 is 23.7 Å². The number of ketones is 1. The lowest BCUT2D eigenvalue weighted by Gasteiger charge is -2.25. The summed E-state index contributed by atoms with van der Waals surface area (Å²) in [5.41, 5.74) is 0.998. The maximum absolute atomic E-state index is 12.3.